The maximum absolute atomic E-state index is 11.3. The zero-order valence-electron chi connectivity index (χ0n) is 11.2. The second-order valence-electron chi connectivity index (χ2n) is 4.19. The van der Waals surface area contributed by atoms with Gasteiger partial charge in [-0.2, -0.15) is 0 Å². The van der Waals surface area contributed by atoms with Crippen LogP contribution in [0.15, 0.2) is 42.5 Å². The lowest BCUT2D eigenvalue weighted by atomic mass is 10.1. The molecule has 2 aromatic carbocycles. The summed E-state index contributed by atoms with van der Waals surface area (Å²) in [6.07, 6.45) is 0. The van der Waals surface area contributed by atoms with Crippen molar-refractivity contribution in [2.24, 2.45) is 5.73 Å². The normalized spacial score (nSPS) is 10.1. The van der Waals surface area contributed by atoms with Crippen molar-refractivity contribution >= 4 is 23.0 Å². The van der Waals surface area contributed by atoms with Crippen molar-refractivity contribution in [3.8, 4) is 5.75 Å². The Morgan fingerprint density at radius 1 is 1.15 bits per heavy atom. The van der Waals surface area contributed by atoms with E-state index in [0.717, 1.165) is 11.4 Å². The molecule has 0 saturated carbocycles. The highest BCUT2D eigenvalue weighted by Crippen LogP contribution is 2.31. The number of carbonyl (C=O) groups is 1. The second kappa shape index (κ2) is 5.97. The number of amides is 1. The molecular formula is C15H17N3O2. The molecule has 0 fully saturated rings. The first kappa shape index (κ1) is 13.7. The van der Waals surface area contributed by atoms with E-state index >= 15 is 0 Å². The van der Waals surface area contributed by atoms with Crippen molar-refractivity contribution in [3.63, 3.8) is 0 Å². The maximum Gasteiger partial charge on any atom is 0.250 e. The predicted octanol–water partition coefficient (Wildman–Crippen LogP) is 2.51. The Morgan fingerprint density at radius 3 is 2.55 bits per heavy atom. The van der Waals surface area contributed by atoms with E-state index in [-0.39, 0.29) is 0 Å². The van der Waals surface area contributed by atoms with E-state index in [2.05, 4.69) is 5.32 Å². The van der Waals surface area contributed by atoms with Crippen LogP contribution in [0.5, 0.6) is 5.75 Å². The fourth-order valence-corrected chi connectivity index (χ4v) is 1.89. The average molecular weight is 271 g/mol. The number of carbonyl (C=O) groups excluding carboxylic acids is 1. The molecule has 0 aliphatic heterocycles. The van der Waals surface area contributed by atoms with Gasteiger partial charge < -0.3 is 21.5 Å². The molecule has 104 valence electrons. The third-order valence-electron chi connectivity index (χ3n) is 2.83. The van der Waals surface area contributed by atoms with Gasteiger partial charge >= 0.3 is 0 Å². The Bertz CT molecular complexity index is 626. The summed E-state index contributed by atoms with van der Waals surface area (Å²) in [6, 6.07) is 12.6. The van der Waals surface area contributed by atoms with Gasteiger partial charge in [0.1, 0.15) is 5.75 Å². The van der Waals surface area contributed by atoms with Gasteiger partial charge in [-0.1, -0.05) is 18.2 Å². The highest BCUT2D eigenvalue weighted by atomic mass is 16.5. The standard InChI is InChI=1S/C15H17N3O2/c1-2-20-13-9-4-3-7-11(13)18-12-8-5-6-10(14(12)16)15(17)19/h3-9,18H,2,16H2,1H3,(H2,17,19). The zero-order valence-corrected chi connectivity index (χ0v) is 11.2. The summed E-state index contributed by atoms with van der Waals surface area (Å²) in [5, 5.41) is 3.16. The topological polar surface area (TPSA) is 90.4 Å². The number of ether oxygens (including phenoxy) is 1. The number of hydrogen-bond acceptors (Lipinski definition) is 4. The molecule has 2 rings (SSSR count). The molecule has 5 heteroatoms. The van der Waals surface area contributed by atoms with E-state index < -0.39 is 5.91 Å². The monoisotopic (exact) mass is 271 g/mol. The van der Waals surface area contributed by atoms with Gasteiger partial charge in [0, 0.05) is 0 Å². The summed E-state index contributed by atoms with van der Waals surface area (Å²) in [4.78, 5) is 11.3. The Morgan fingerprint density at radius 2 is 1.85 bits per heavy atom. The minimum atomic E-state index is -0.552. The van der Waals surface area contributed by atoms with Gasteiger partial charge in [0.2, 0.25) is 0 Å². The van der Waals surface area contributed by atoms with Crippen LogP contribution in [-0.2, 0) is 0 Å². The number of nitrogens with two attached hydrogens (primary N) is 2. The van der Waals surface area contributed by atoms with Crippen LogP contribution in [0.3, 0.4) is 0 Å². The Labute approximate surface area is 117 Å². The smallest absolute Gasteiger partial charge is 0.250 e. The molecule has 0 saturated heterocycles. The molecule has 5 N–H and O–H groups in total. The van der Waals surface area contributed by atoms with Gasteiger partial charge in [-0.3, -0.25) is 4.79 Å². The summed E-state index contributed by atoms with van der Waals surface area (Å²) >= 11 is 0. The average Bonchev–Trinajstić information content (AvgIpc) is 2.43. The van der Waals surface area contributed by atoms with Gasteiger partial charge in [0.05, 0.1) is 29.2 Å². The highest BCUT2D eigenvalue weighted by molar-refractivity contribution is 6.01. The summed E-state index contributed by atoms with van der Waals surface area (Å²) in [6.45, 7) is 2.48. The van der Waals surface area contributed by atoms with Gasteiger partial charge in [0.15, 0.2) is 0 Å². The maximum atomic E-state index is 11.3. The summed E-state index contributed by atoms with van der Waals surface area (Å²) < 4.78 is 5.53. The SMILES string of the molecule is CCOc1ccccc1Nc1cccc(C(N)=O)c1N. The van der Waals surface area contributed by atoms with Gasteiger partial charge in [-0.05, 0) is 31.2 Å². The number of anilines is 3. The summed E-state index contributed by atoms with van der Waals surface area (Å²) in [5.41, 5.74) is 13.3. The molecule has 0 aliphatic carbocycles. The Hall–Kier alpha value is -2.69. The van der Waals surface area contributed by atoms with E-state index in [1.165, 1.54) is 0 Å². The molecule has 0 unspecified atom stereocenters. The molecule has 0 heterocycles. The quantitative estimate of drug-likeness (QED) is 0.729. The number of nitrogen functional groups attached to an aromatic ring is 1. The molecule has 0 aromatic heterocycles. The van der Waals surface area contributed by atoms with E-state index in [1.807, 2.05) is 31.2 Å². The Kier molecular flexibility index (Phi) is 4.10. The number of benzene rings is 2. The van der Waals surface area contributed by atoms with Crippen molar-refractivity contribution in [1.29, 1.82) is 0 Å². The predicted molar refractivity (Wildman–Crippen MR) is 80.3 cm³/mol. The van der Waals surface area contributed by atoms with E-state index in [0.29, 0.717) is 23.5 Å². The molecule has 5 nitrogen and oxygen atoms in total. The van der Waals surface area contributed by atoms with Crippen LogP contribution in [0.1, 0.15) is 17.3 Å². The molecule has 0 spiro atoms. The first-order chi connectivity index (χ1) is 9.63. The minimum absolute atomic E-state index is 0.295. The number of nitrogens with one attached hydrogen (secondary N) is 1. The molecule has 20 heavy (non-hydrogen) atoms. The highest BCUT2D eigenvalue weighted by Gasteiger charge is 2.11. The van der Waals surface area contributed by atoms with Crippen LogP contribution in [-0.4, -0.2) is 12.5 Å². The number of hydrogen-bond donors (Lipinski definition) is 3. The molecule has 2 aromatic rings. The van der Waals surface area contributed by atoms with Crippen molar-refractivity contribution in [2.45, 2.75) is 6.92 Å². The van der Waals surface area contributed by atoms with Crippen LogP contribution in [0.2, 0.25) is 0 Å². The van der Waals surface area contributed by atoms with Crippen LogP contribution in [0.25, 0.3) is 0 Å². The fourth-order valence-electron chi connectivity index (χ4n) is 1.89. The molecule has 1 amide bonds. The molecule has 0 bridgehead atoms. The lowest BCUT2D eigenvalue weighted by Gasteiger charge is -2.14. The van der Waals surface area contributed by atoms with Gasteiger partial charge in [-0.15, -0.1) is 0 Å². The second-order valence-corrected chi connectivity index (χ2v) is 4.19. The molecular weight excluding hydrogens is 254 g/mol. The third-order valence-corrected chi connectivity index (χ3v) is 2.83. The number of para-hydroxylation sites is 3. The van der Waals surface area contributed by atoms with Crippen molar-refractivity contribution in [2.75, 3.05) is 17.7 Å². The van der Waals surface area contributed by atoms with Crippen molar-refractivity contribution in [3.05, 3.63) is 48.0 Å². The lowest BCUT2D eigenvalue weighted by Crippen LogP contribution is -2.14. The fraction of sp³-hybridized carbons (Fsp3) is 0.133. The van der Waals surface area contributed by atoms with Crippen molar-refractivity contribution in [1.82, 2.24) is 0 Å². The van der Waals surface area contributed by atoms with Crippen LogP contribution in [0.4, 0.5) is 17.1 Å². The van der Waals surface area contributed by atoms with Crippen LogP contribution in [0, 0.1) is 0 Å². The summed E-state index contributed by atoms with van der Waals surface area (Å²) in [7, 11) is 0. The number of primary amides is 1. The lowest BCUT2D eigenvalue weighted by molar-refractivity contribution is 0.100. The molecule has 0 atom stereocenters. The van der Waals surface area contributed by atoms with Gasteiger partial charge in [-0.25, -0.2) is 0 Å². The number of rotatable bonds is 5. The van der Waals surface area contributed by atoms with Crippen molar-refractivity contribution < 1.29 is 9.53 Å². The van der Waals surface area contributed by atoms with Crippen LogP contribution < -0.4 is 21.5 Å². The third kappa shape index (κ3) is 2.83. The zero-order chi connectivity index (χ0) is 14.5. The van der Waals surface area contributed by atoms with E-state index in [4.69, 9.17) is 16.2 Å². The van der Waals surface area contributed by atoms with E-state index in [1.54, 1.807) is 18.2 Å². The van der Waals surface area contributed by atoms with E-state index in [9.17, 15) is 4.79 Å². The largest absolute Gasteiger partial charge is 0.492 e. The Balaban J connectivity index is 2.35. The molecule has 0 aliphatic rings. The minimum Gasteiger partial charge on any atom is -0.492 e. The molecule has 0 radical (unpaired) electrons. The van der Waals surface area contributed by atoms with Crippen LogP contribution >= 0.6 is 0 Å². The summed E-state index contributed by atoms with van der Waals surface area (Å²) in [5.74, 6) is 0.170. The first-order valence-corrected chi connectivity index (χ1v) is 6.30. The van der Waals surface area contributed by atoms with Gasteiger partial charge in [0.25, 0.3) is 5.91 Å². The first-order valence-electron chi connectivity index (χ1n) is 6.30.